The molecule has 2 aromatic carbocycles. The molecule has 0 aliphatic heterocycles. The van der Waals surface area contributed by atoms with Gasteiger partial charge in [-0.25, -0.2) is 0 Å². The van der Waals surface area contributed by atoms with E-state index < -0.39 is 9.85 Å². The number of nitrogens with zero attached hydrogens (tertiary/aromatic N) is 2. The third-order valence-corrected chi connectivity index (χ3v) is 2.75. The summed E-state index contributed by atoms with van der Waals surface area (Å²) in [6.45, 7) is 0. The number of hydrogen-bond donors (Lipinski definition) is 2. The maximum absolute atomic E-state index is 10.2. The maximum Gasteiger partial charge on any atom is 0.273 e. The molecule has 0 saturated heterocycles. The summed E-state index contributed by atoms with van der Waals surface area (Å²) in [5.41, 5.74) is -0.266. The fourth-order valence-corrected chi connectivity index (χ4v) is 1.57. The van der Waals surface area contributed by atoms with Crippen LogP contribution < -0.4 is 9.47 Å². The van der Waals surface area contributed by atoms with E-state index in [1.54, 1.807) is 0 Å². The standard InChI is InChI=1S/2C7H7NO4/c1-12-7-3-2-5(8(10)11)4-6(7)9;1-12-7-4-5(8(10)11)2-3-6(7)9/h2*2-4,9H,1H3. The average Bonchev–Trinajstić information content (AvgIpc) is 2.55. The second-order valence-corrected chi connectivity index (χ2v) is 4.23. The topological polar surface area (TPSA) is 145 Å². The molecule has 0 spiro atoms. The Morgan fingerprint density at radius 1 is 0.792 bits per heavy atom. The van der Waals surface area contributed by atoms with Gasteiger partial charge in [-0.05, 0) is 12.1 Å². The third kappa shape index (κ3) is 4.73. The van der Waals surface area contributed by atoms with Gasteiger partial charge in [-0.1, -0.05) is 0 Å². The highest BCUT2D eigenvalue weighted by Crippen LogP contribution is 2.30. The number of non-ortho nitro benzene ring substituents is 2. The normalized spacial score (nSPS) is 9.42. The molecule has 0 radical (unpaired) electrons. The summed E-state index contributed by atoms with van der Waals surface area (Å²) in [7, 11) is 2.71. The summed E-state index contributed by atoms with van der Waals surface area (Å²) in [4.78, 5) is 19.3. The van der Waals surface area contributed by atoms with Crippen LogP contribution in [0.3, 0.4) is 0 Å². The van der Waals surface area contributed by atoms with Crippen molar-refractivity contribution in [2.24, 2.45) is 0 Å². The van der Waals surface area contributed by atoms with E-state index in [0.29, 0.717) is 0 Å². The number of benzene rings is 2. The van der Waals surface area contributed by atoms with Gasteiger partial charge in [0, 0.05) is 12.1 Å². The van der Waals surface area contributed by atoms with E-state index >= 15 is 0 Å². The number of phenols is 2. The number of phenolic OH excluding ortho intramolecular Hbond substituents is 2. The Hall–Kier alpha value is -3.56. The Morgan fingerprint density at radius 2 is 1.29 bits per heavy atom. The summed E-state index contributed by atoms with van der Waals surface area (Å²) < 4.78 is 9.39. The van der Waals surface area contributed by atoms with Crippen LogP contribution in [0.1, 0.15) is 0 Å². The minimum atomic E-state index is -0.584. The third-order valence-electron chi connectivity index (χ3n) is 2.75. The SMILES string of the molecule is COc1cc([N+](=O)[O-])ccc1O.COc1ccc([N+](=O)[O-])cc1O. The predicted molar refractivity (Wildman–Crippen MR) is 82.6 cm³/mol. The Balaban J connectivity index is 0.000000240. The van der Waals surface area contributed by atoms with E-state index in [2.05, 4.69) is 4.74 Å². The van der Waals surface area contributed by atoms with Gasteiger partial charge < -0.3 is 19.7 Å². The number of nitro benzene ring substituents is 2. The Kier molecular flexibility index (Phi) is 6.30. The first kappa shape index (κ1) is 18.5. The van der Waals surface area contributed by atoms with E-state index in [-0.39, 0.29) is 34.4 Å². The molecule has 2 rings (SSSR count). The van der Waals surface area contributed by atoms with Crippen molar-refractivity contribution in [3.63, 3.8) is 0 Å². The van der Waals surface area contributed by atoms with E-state index in [0.717, 1.165) is 12.1 Å². The van der Waals surface area contributed by atoms with Crippen LogP contribution in [0.5, 0.6) is 23.0 Å². The Morgan fingerprint density at radius 3 is 1.75 bits per heavy atom. The van der Waals surface area contributed by atoms with Gasteiger partial charge in [0.1, 0.15) is 0 Å². The van der Waals surface area contributed by atoms with E-state index in [1.807, 2.05) is 0 Å². The van der Waals surface area contributed by atoms with Gasteiger partial charge in [0.25, 0.3) is 11.4 Å². The summed E-state index contributed by atoms with van der Waals surface area (Å²) in [5.74, 6) is -0.0143. The molecule has 0 aliphatic rings. The minimum absolute atomic E-state index is 0.101. The number of rotatable bonds is 4. The van der Waals surface area contributed by atoms with Gasteiger partial charge in [0.05, 0.1) is 36.2 Å². The predicted octanol–water partition coefficient (Wildman–Crippen LogP) is 2.62. The summed E-state index contributed by atoms with van der Waals surface area (Å²) in [6.07, 6.45) is 0. The summed E-state index contributed by atoms with van der Waals surface area (Å²) in [6, 6.07) is 7.23. The van der Waals surface area contributed by atoms with Crippen molar-refractivity contribution >= 4 is 11.4 Å². The van der Waals surface area contributed by atoms with Crippen LogP contribution >= 0.6 is 0 Å². The van der Waals surface area contributed by atoms with Crippen LogP contribution in [0, 0.1) is 20.2 Å². The molecule has 0 saturated carbocycles. The van der Waals surface area contributed by atoms with Gasteiger partial charge in [-0.15, -0.1) is 0 Å². The largest absolute Gasteiger partial charge is 0.504 e. The number of methoxy groups -OCH3 is 2. The lowest BCUT2D eigenvalue weighted by molar-refractivity contribution is -0.385. The second kappa shape index (κ2) is 8.17. The maximum atomic E-state index is 10.2. The molecule has 10 nitrogen and oxygen atoms in total. The Labute approximate surface area is 135 Å². The second-order valence-electron chi connectivity index (χ2n) is 4.23. The highest BCUT2D eigenvalue weighted by atomic mass is 16.6. The van der Waals surface area contributed by atoms with Crippen molar-refractivity contribution in [3.05, 3.63) is 56.6 Å². The first-order valence-corrected chi connectivity index (χ1v) is 6.33. The molecule has 0 heterocycles. The van der Waals surface area contributed by atoms with E-state index in [4.69, 9.17) is 14.9 Å². The zero-order chi connectivity index (χ0) is 18.3. The molecule has 128 valence electrons. The van der Waals surface area contributed by atoms with Crippen LogP contribution in [-0.2, 0) is 0 Å². The first-order valence-electron chi connectivity index (χ1n) is 6.33. The van der Waals surface area contributed by atoms with Crippen LogP contribution in [0.15, 0.2) is 36.4 Å². The number of nitro groups is 2. The lowest BCUT2D eigenvalue weighted by atomic mass is 10.3. The molecule has 0 atom stereocenters. The molecule has 10 heteroatoms. The number of hydrogen-bond acceptors (Lipinski definition) is 8. The number of aromatic hydroxyl groups is 2. The fraction of sp³-hybridized carbons (Fsp3) is 0.143. The molecule has 2 N–H and O–H groups in total. The quantitative estimate of drug-likeness (QED) is 0.639. The van der Waals surface area contributed by atoms with Gasteiger partial charge in [-0.3, -0.25) is 20.2 Å². The van der Waals surface area contributed by atoms with Crippen LogP contribution in [0.2, 0.25) is 0 Å². The molecule has 0 unspecified atom stereocenters. The molecule has 0 bridgehead atoms. The molecule has 0 aliphatic carbocycles. The van der Waals surface area contributed by atoms with Crippen LogP contribution in [0.4, 0.5) is 11.4 Å². The lowest BCUT2D eigenvalue weighted by Gasteiger charge is -2.00. The molecule has 0 amide bonds. The molecule has 0 aromatic heterocycles. The monoisotopic (exact) mass is 338 g/mol. The Bertz CT molecular complexity index is 748. The fourth-order valence-electron chi connectivity index (χ4n) is 1.57. The average molecular weight is 338 g/mol. The highest BCUT2D eigenvalue weighted by molar-refractivity contribution is 5.48. The zero-order valence-electron chi connectivity index (χ0n) is 12.7. The van der Waals surface area contributed by atoms with Crippen molar-refractivity contribution in [3.8, 4) is 23.0 Å². The van der Waals surface area contributed by atoms with Crippen molar-refractivity contribution in [2.45, 2.75) is 0 Å². The van der Waals surface area contributed by atoms with Crippen LogP contribution in [-0.4, -0.2) is 34.3 Å². The molecule has 2 aromatic rings. The van der Waals surface area contributed by atoms with Gasteiger partial charge in [0.15, 0.2) is 23.0 Å². The highest BCUT2D eigenvalue weighted by Gasteiger charge is 2.10. The first-order chi connectivity index (χ1) is 11.3. The van der Waals surface area contributed by atoms with Crippen molar-refractivity contribution in [1.82, 2.24) is 0 Å². The molecule has 0 fully saturated rings. The zero-order valence-corrected chi connectivity index (χ0v) is 12.7. The lowest BCUT2D eigenvalue weighted by Crippen LogP contribution is -1.89. The van der Waals surface area contributed by atoms with E-state index in [9.17, 15) is 20.2 Å². The minimum Gasteiger partial charge on any atom is -0.504 e. The van der Waals surface area contributed by atoms with Gasteiger partial charge >= 0.3 is 0 Å². The van der Waals surface area contributed by atoms with Crippen molar-refractivity contribution in [1.29, 1.82) is 0 Å². The summed E-state index contributed by atoms with van der Waals surface area (Å²) in [5, 5.41) is 38.6. The van der Waals surface area contributed by atoms with Gasteiger partial charge in [0.2, 0.25) is 0 Å². The van der Waals surface area contributed by atoms with Crippen LogP contribution in [0.25, 0.3) is 0 Å². The van der Waals surface area contributed by atoms with Crippen molar-refractivity contribution < 1.29 is 29.5 Å². The molecular formula is C14H14N2O8. The summed E-state index contributed by atoms with van der Waals surface area (Å²) >= 11 is 0. The molecule has 24 heavy (non-hydrogen) atoms. The molecular weight excluding hydrogens is 324 g/mol. The van der Waals surface area contributed by atoms with Crippen molar-refractivity contribution in [2.75, 3.05) is 14.2 Å². The van der Waals surface area contributed by atoms with E-state index in [1.165, 1.54) is 38.5 Å². The number of ether oxygens (including phenoxy) is 2. The van der Waals surface area contributed by atoms with Gasteiger partial charge in [-0.2, -0.15) is 0 Å². The smallest absolute Gasteiger partial charge is 0.273 e.